The largest absolute Gasteiger partial charge is 0.481 e. The molecule has 1 aliphatic heterocycles. The number of rotatable bonds is 8. The van der Waals surface area contributed by atoms with Crippen LogP contribution in [0.2, 0.25) is 0 Å². The van der Waals surface area contributed by atoms with Gasteiger partial charge in [0, 0.05) is 24.9 Å². The van der Waals surface area contributed by atoms with Gasteiger partial charge in [-0.2, -0.15) is 4.31 Å². The van der Waals surface area contributed by atoms with Crippen molar-refractivity contribution in [3.05, 3.63) is 82.4 Å². The van der Waals surface area contributed by atoms with Gasteiger partial charge in [-0.1, -0.05) is 25.1 Å². The first-order valence-electron chi connectivity index (χ1n) is 13.1. The Labute approximate surface area is 237 Å². The van der Waals surface area contributed by atoms with Crippen LogP contribution in [0.4, 0.5) is 8.78 Å². The third kappa shape index (κ3) is 5.49. The number of hydrogen-bond acceptors (Lipinski definition) is 8. The summed E-state index contributed by atoms with van der Waals surface area (Å²) < 4.78 is 58.3. The Morgan fingerprint density at radius 1 is 1.20 bits per heavy atom. The minimum Gasteiger partial charge on any atom is -0.481 e. The van der Waals surface area contributed by atoms with Gasteiger partial charge in [-0.25, -0.2) is 13.8 Å². The van der Waals surface area contributed by atoms with Crippen molar-refractivity contribution in [3.8, 4) is 5.88 Å². The fourth-order valence-electron chi connectivity index (χ4n) is 5.20. The molecule has 0 bridgehead atoms. The first kappa shape index (κ1) is 28.9. The zero-order valence-corrected chi connectivity index (χ0v) is 23.6. The van der Waals surface area contributed by atoms with Crippen molar-refractivity contribution >= 4 is 22.4 Å². The molecule has 2 atom stereocenters. The third-order valence-corrected chi connectivity index (χ3v) is 9.40. The SMILES string of the molecule is CCC1CN(Cc2cc(C(CC(=O)O)c3ccn4c(C(F)F)nnc4c3C)ccc2C)S(O)(O)c2cccnc2O1. The first-order chi connectivity index (χ1) is 19.5. The topological polar surface area (TPSA) is 133 Å². The van der Waals surface area contributed by atoms with Gasteiger partial charge >= 0.3 is 5.97 Å². The van der Waals surface area contributed by atoms with Gasteiger partial charge in [-0.3, -0.25) is 18.3 Å². The number of hydrogen-bond donors (Lipinski definition) is 3. The number of aryl methyl sites for hydroxylation is 2. The molecule has 0 saturated carbocycles. The standard InChI is InChI=1S/C28H31F2N5O5S/c1-4-20-15-34(41(38,39)23-6-5-10-31-28(23)40-20)14-19-12-18(8-7-16(19)2)22(13-24(36)37)21-9-11-35-26(17(21)3)32-33-27(35)25(29)30/h5-12,20,22,25,38-39H,4,13-15H2,1-3H3,(H,36,37). The monoisotopic (exact) mass is 587 g/mol. The van der Waals surface area contributed by atoms with Crippen LogP contribution in [0.1, 0.15) is 65.8 Å². The molecule has 1 aliphatic rings. The van der Waals surface area contributed by atoms with E-state index in [-0.39, 0.29) is 42.0 Å². The predicted molar refractivity (Wildman–Crippen MR) is 148 cm³/mol. The number of carboxylic acid groups (broad SMARTS) is 1. The van der Waals surface area contributed by atoms with Crippen molar-refractivity contribution in [3.63, 3.8) is 0 Å². The van der Waals surface area contributed by atoms with Crippen molar-refractivity contribution in [2.24, 2.45) is 0 Å². The lowest BCUT2D eigenvalue weighted by Crippen LogP contribution is -2.34. The number of nitrogens with zero attached hydrogens (tertiary/aromatic N) is 5. The average Bonchev–Trinajstić information content (AvgIpc) is 3.34. The molecule has 0 spiro atoms. The van der Waals surface area contributed by atoms with E-state index in [2.05, 4.69) is 15.2 Å². The summed E-state index contributed by atoms with van der Waals surface area (Å²) in [7, 11) is -3.44. The number of alkyl halides is 2. The van der Waals surface area contributed by atoms with Crippen LogP contribution in [0.5, 0.6) is 5.88 Å². The zero-order chi connectivity index (χ0) is 29.5. The normalized spacial score (nSPS) is 18.5. The highest BCUT2D eigenvalue weighted by Crippen LogP contribution is 2.57. The highest BCUT2D eigenvalue weighted by Gasteiger charge is 2.36. The summed E-state index contributed by atoms with van der Waals surface area (Å²) in [4.78, 5) is 16.4. The molecule has 10 nitrogen and oxygen atoms in total. The lowest BCUT2D eigenvalue weighted by molar-refractivity contribution is -0.137. The third-order valence-electron chi connectivity index (χ3n) is 7.50. The summed E-state index contributed by atoms with van der Waals surface area (Å²) >= 11 is 0. The molecule has 13 heteroatoms. The lowest BCUT2D eigenvalue weighted by Gasteiger charge is -2.41. The summed E-state index contributed by atoms with van der Waals surface area (Å²) in [5.41, 5.74) is 3.76. The number of pyridine rings is 2. The van der Waals surface area contributed by atoms with Gasteiger partial charge in [0.1, 0.15) is 11.0 Å². The van der Waals surface area contributed by atoms with Gasteiger partial charge in [-0.15, -0.1) is 21.0 Å². The molecule has 0 saturated heterocycles. The van der Waals surface area contributed by atoms with E-state index < -0.39 is 34.9 Å². The van der Waals surface area contributed by atoms with E-state index in [0.717, 1.165) is 11.1 Å². The molecule has 0 amide bonds. The summed E-state index contributed by atoms with van der Waals surface area (Å²) in [6, 6.07) is 10.4. The molecule has 0 radical (unpaired) electrons. The Kier molecular flexibility index (Phi) is 7.97. The minimum absolute atomic E-state index is 0.163. The molecular weight excluding hydrogens is 556 g/mol. The van der Waals surface area contributed by atoms with Gasteiger partial charge < -0.3 is 9.84 Å². The van der Waals surface area contributed by atoms with Crippen LogP contribution < -0.4 is 4.74 Å². The Balaban J connectivity index is 1.55. The predicted octanol–water partition coefficient (Wildman–Crippen LogP) is 5.98. The molecule has 3 aromatic heterocycles. The number of aliphatic carboxylic acids is 1. The number of carbonyl (C=O) groups is 1. The van der Waals surface area contributed by atoms with Crippen molar-refractivity contribution in [1.29, 1.82) is 0 Å². The fourth-order valence-corrected chi connectivity index (χ4v) is 6.76. The van der Waals surface area contributed by atoms with Crippen molar-refractivity contribution in [2.45, 2.75) is 63.5 Å². The van der Waals surface area contributed by atoms with Gasteiger partial charge in [-0.05, 0) is 66.3 Å². The summed E-state index contributed by atoms with van der Waals surface area (Å²) in [5, 5.41) is 17.3. The number of ether oxygens (including phenoxy) is 1. The smallest absolute Gasteiger partial charge is 0.304 e. The van der Waals surface area contributed by atoms with Crippen LogP contribution in [0, 0.1) is 13.8 Å². The molecular formula is C28H31F2N5O5S. The van der Waals surface area contributed by atoms with E-state index >= 15 is 0 Å². The maximum atomic E-state index is 13.4. The molecule has 4 aromatic rings. The van der Waals surface area contributed by atoms with E-state index in [1.54, 1.807) is 35.6 Å². The molecule has 0 fully saturated rings. The van der Waals surface area contributed by atoms with Gasteiger partial charge in [0.15, 0.2) is 5.65 Å². The van der Waals surface area contributed by atoms with E-state index in [4.69, 9.17) is 4.74 Å². The van der Waals surface area contributed by atoms with Gasteiger partial charge in [0.05, 0.1) is 13.0 Å². The quantitative estimate of drug-likeness (QED) is 0.228. The van der Waals surface area contributed by atoms with E-state index in [0.29, 0.717) is 23.1 Å². The summed E-state index contributed by atoms with van der Waals surface area (Å²) in [5.74, 6) is -1.93. The number of fused-ring (bicyclic) bond motifs is 2. The number of carboxylic acids is 1. The van der Waals surface area contributed by atoms with Gasteiger partial charge in [0.25, 0.3) is 6.43 Å². The van der Waals surface area contributed by atoms with Crippen molar-refractivity contribution < 1.29 is 32.5 Å². The van der Waals surface area contributed by atoms with Crippen LogP contribution in [-0.4, -0.2) is 56.7 Å². The maximum absolute atomic E-state index is 13.4. The Morgan fingerprint density at radius 2 is 1.98 bits per heavy atom. The fraction of sp³-hybridized carbons (Fsp3) is 0.357. The Hall–Kier alpha value is -3.65. The van der Waals surface area contributed by atoms with Crippen LogP contribution >= 0.6 is 10.8 Å². The summed E-state index contributed by atoms with van der Waals surface area (Å²) in [6.45, 7) is 5.96. The number of halogens is 2. The molecule has 2 unspecified atom stereocenters. The Morgan fingerprint density at radius 3 is 2.68 bits per heavy atom. The van der Waals surface area contributed by atoms with Crippen LogP contribution in [0.25, 0.3) is 5.65 Å². The molecule has 0 aliphatic carbocycles. The molecule has 4 heterocycles. The van der Waals surface area contributed by atoms with Crippen molar-refractivity contribution in [1.82, 2.24) is 23.9 Å². The molecule has 218 valence electrons. The number of aromatic nitrogens is 4. The lowest BCUT2D eigenvalue weighted by atomic mass is 9.85. The summed E-state index contributed by atoms with van der Waals surface area (Å²) in [6.07, 6.45) is 0.220. The average molecular weight is 588 g/mol. The van der Waals surface area contributed by atoms with E-state index in [1.807, 2.05) is 32.0 Å². The van der Waals surface area contributed by atoms with Gasteiger partial charge in [0.2, 0.25) is 11.7 Å². The van der Waals surface area contributed by atoms with Crippen LogP contribution in [-0.2, 0) is 11.3 Å². The minimum atomic E-state index is -3.44. The molecule has 41 heavy (non-hydrogen) atoms. The number of benzene rings is 1. The van der Waals surface area contributed by atoms with Crippen LogP contribution in [0.15, 0.2) is 53.7 Å². The van der Waals surface area contributed by atoms with E-state index in [9.17, 15) is 27.8 Å². The molecule has 5 rings (SSSR count). The second-order valence-corrected chi connectivity index (χ2v) is 12.1. The first-order valence-corrected chi connectivity index (χ1v) is 14.6. The maximum Gasteiger partial charge on any atom is 0.304 e. The second kappa shape index (κ2) is 11.3. The Bertz CT molecular complexity index is 1600. The highest BCUT2D eigenvalue weighted by atomic mass is 32.3. The zero-order valence-electron chi connectivity index (χ0n) is 22.7. The van der Waals surface area contributed by atoms with Crippen LogP contribution in [0.3, 0.4) is 0 Å². The van der Waals surface area contributed by atoms with E-state index in [1.165, 1.54) is 10.6 Å². The molecule has 3 N–H and O–H groups in total. The second-order valence-electron chi connectivity index (χ2n) is 10.1. The highest BCUT2D eigenvalue weighted by molar-refractivity contribution is 8.22. The molecule has 1 aromatic carbocycles. The van der Waals surface area contributed by atoms with Crippen molar-refractivity contribution in [2.75, 3.05) is 6.54 Å².